The topological polar surface area (TPSA) is 17.1 Å². The number of ketones is 1. The fourth-order valence-electron chi connectivity index (χ4n) is 4.08. The fraction of sp³-hybridized carbons (Fsp3) is 0.812. The van der Waals surface area contributed by atoms with Gasteiger partial charge in [0.05, 0.1) is 0 Å². The summed E-state index contributed by atoms with van der Waals surface area (Å²) >= 11 is 0. The molecule has 0 aromatic heterocycles. The van der Waals surface area contributed by atoms with Crippen molar-refractivity contribution in [1.82, 2.24) is 0 Å². The number of Topliss-reactive ketones (excluding diaryl/α,β-unsaturated/α-hetero) is 1. The van der Waals surface area contributed by atoms with Gasteiger partial charge >= 0.3 is 0 Å². The SMILES string of the molecule is CCCC/C=C/CC1C2CCC(C2)C1C(C)=O. The maximum absolute atomic E-state index is 11.8. The largest absolute Gasteiger partial charge is 0.300 e. The Morgan fingerprint density at radius 2 is 2.00 bits per heavy atom. The molecule has 0 N–H and O–H groups in total. The molecule has 2 rings (SSSR count). The Morgan fingerprint density at radius 1 is 1.24 bits per heavy atom. The second-order valence-corrected chi connectivity index (χ2v) is 5.98. The summed E-state index contributed by atoms with van der Waals surface area (Å²) < 4.78 is 0. The summed E-state index contributed by atoms with van der Waals surface area (Å²) in [6.07, 6.45) is 13.6. The number of hydrogen-bond donors (Lipinski definition) is 0. The average molecular weight is 234 g/mol. The lowest BCUT2D eigenvalue weighted by Crippen LogP contribution is -2.27. The summed E-state index contributed by atoms with van der Waals surface area (Å²) in [5.74, 6) is 3.09. The highest BCUT2D eigenvalue weighted by Gasteiger charge is 2.48. The van der Waals surface area contributed by atoms with E-state index < -0.39 is 0 Å². The minimum atomic E-state index is 0.393. The van der Waals surface area contributed by atoms with Crippen molar-refractivity contribution in [3.63, 3.8) is 0 Å². The number of rotatable bonds is 6. The first-order chi connectivity index (χ1) is 8.24. The van der Waals surface area contributed by atoms with Crippen LogP contribution in [0, 0.1) is 23.7 Å². The zero-order valence-corrected chi connectivity index (χ0v) is 11.3. The third kappa shape index (κ3) is 2.81. The van der Waals surface area contributed by atoms with E-state index in [2.05, 4.69) is 19.1 Å². The van der Waals surface area contributed by atoms with Crippen LogP contribution in [0.15, 0.2) is 12.2 Å². The second-order valence-electron chi connectivity index (χ2n) is 5.98. The average Bonchev–Trinajstić information content (AvgIpc) is 2.88. The second kappa shape index (κ2) is 5.84. The Hall–Kier alpha value is -0.590. The lowest BCUT2D eigenvalue weighted by molar-refractivity contribution is -0.123. The molecule has 0 spiro atoms. The minimum absolute atomic E-state index is 0.393. The van der Waals surface area contributed by atoms with Gasteiger partial charge in [-0.3, -0.25) is 4.79 Å². The van der Waals surface area contributed by atoms with Crippen LogP contribution in [0.25, 0.3) is 0 Å². The number of unbranched alkanes of at least 4 members (excludes halogenated alkanes) is 2. The van der Waals surface area contributed by atoms with Crippen LogP contribution in [0.5, 0.6) is 0 Å². The highest BCUT2D eigenvalue weighted by Crippen LogP contribution is 2.53. The van der Waals surface area contributed by atoms with Gasteiger partial charge in [0, 0.05) is 5.92 Å². The lowest BCUT2D eigenvalue weighted by Gasteiger charge is -2.28. The molecule has 2 saturated carbocycles. The predicted molar refractivity (Wildman–Crippen MR) is 71.8 cm³/mol. The van der Waals surface area contributed by atoms with E-state index >= 15 is 0 Å². The summed E-state index contributed by atoms with van der Waals surface area (Å²) in [7, 11) is 0. The molecule has 2 fully saturated rings. The van der Waals surface area contributed by atoms with Gasteiger partial charge in [-0.05, 0) is 56.8 Å². The van der Waals surface area contributed by atoms with Crippen molar-refractivity contribution in [3.8, 4) is 0 Å². The van der Waals surface area contributed by atoms with E-state index in [1.165, 1.54) is 38.5 Å². The van der Waals surface area contributed by atoms with Gasteiger partial charge in [-0.25, -0.2) is 0 Å². The van der Waals surface area contributed by atoms with Gasteiger partial charge < -0.3 is 0 Å². The third-order valence-electron chi connectivity index (χ3n) is 4.86. The highest BCUT2D eigenvalue weighted by molar-refractivity contribution is 5.79. The molecule has 4 unspecified atom stereocenters. The van der Waals surface area contributed by atoms with Crippen LogP contribution < -0.4 is 0 Å². The highest BCUT2D eigenvalue weighted by atomic mass is 16.1. The van der Waals surface area contributed by atoms with Crippen LogP contribution in [-0.2, 0) is 4.79 Å². The number of fused-ring (bicyclic) bond motifs is 2. The van der Waals surface area contributed by atoms with Crippen LogP contribution in [0.2, 0.25) is 0 Å². The number of allylic oxidation sites excluding steroid dienone is 2. The van der Waals surface area contributed by atoms with E-state index in [4.69, 9.17) is 0 Å². The number of carbonyl (C=O) groups is 1. The number of carbonyl (C=O) groups excluding carboxylic acids is 1. The standard InChI is InChI=1S/C16H26O/c1-3-4-5-6-7-8-15-13-9-10-14(11-13)16(15)12(2)17/h6-7,13-16H,3-5,8-11H2,1-2H3/b7-6+. The molecule has 2 aliphatic rings. The molecule has 0 saturated heterocycles. The molecule has 1 heteroatoms. The Balaban J connectivity index is 1.86. The van der Waals surface area contributed by atoms with E-state index in [0.717, 1.165) is 18.3 Å². The van der Waals surface area contributed by atoms with Gasteiger partial charge in [0.15, 0.2) is 0 Å². The summed E-state index contributed by atoms with van der Waals surface area (Å²) in [5.41, 5.74) is 0. The van der Waals surface area contributed by atoms with E-state index in [1.807, 2.05) is 0 Å². The molecule has 4 atom stereocenters. The maximum Gasteiger partial charge on any atom is 0.133 e. The minimum Gasteiger partial charge on any atom is -0.300 e. The van der Waals surface area contributed by atoms with Crippen molar-refractivity contribution in [1.29, 1.82) is 0 Å². The quantitative estimate of drug-likeness (QED) is 0.492. The first-order valence-electron chi connectivity index (χ1n) is 7.39. The normalized spacial score (nSPS) is 35.9. The van der Waals surface area contributed by atoms with Crippen LogP contribution in [0.3, 0.4) is 0 Å². The van der Waals surface area contributed by atoms with Gasteiger partial charge in [-0.1, -0.05) is 31.9 Å². The molecule has 96 valence electrons. The summed E-state index contributed by atoms with van der Waals surface area (Å²) in [6.45, 7) is 4.04. The summed E-state index contributed by atoms with van der Waals surface area (Å²) in [6, 6.07) is 0. The van der Waals surface area contributed by atoms with E-state index in [9.17, 15) is 4.79 Å². The molecule has 1 nitrogen and oxygen atoms in total. The molecule has 0 heterocycles. The zero-order valence-electron chi connectivity index (χ0n) is 11.3. The van der Waals surface area contributed by atoms with E-state index in [0.29, 0.717) is 17.6 Å². The van der Waals surface area contributed by atoms with Crippen molar-refractivity contribution in [2.75, 3.05) is 0 Å². The number of hydrogen-bond acceptors (Lipinski definition) is 1. The monoisotopic (exact) mass is 234 g/mol. The predicted octanol–water partition coefficient (Wildman–Crippen LogP) is 4.37. The Bertz CT molecular complexity index is 292. The van der Waals surface area contributed by atoms with Crippen molar-refractivity contribution in [3.05, 3.63) is 12.2 Å². The molecular weight excluding hydrogens is 208 g/mol. The summed E-state index contributed by atoms with van der Waals surface area (Å²) in [4.78, 5) is 11.8. The molecule has 17 heavy (non-hydrogen) atoms. The molecule has 0 aromatic rings. The fourth-order valence-corrected chi connectivity index (χ4v) is 4.08. The lowest BCUT2D eigenvalue weighted by atomic mass is 9.75. The summed E-state index contributed by atoms with van der Waals surface area (Å²) in [5, 5.41) is 0. The van der Waals surface area contributed by atoms with Crippen LogP contribution in [0.4, 0.5) is 0 Å². The van der Waals surface area contributed by atoms with Gasteiger partial charge in [-0.15, -0.1) is 0 Å². The molecule has 2 aliphatic carbocycles. The van der Waals surface area contributed by atoms with Crippen molar-refractivity contribution in [2.45, 2.75) is 58.8 Å². The van der Waals surface area contributed by atoms with Gasteiger partial charge in [-0.2, -0.15) is 0 Å². The smallest absolute Gasteiger partial charge is 0.133 e. The van der Waals surface area contributed by atoms with Crippen molar-refractivity contribution in [2.24, 2.45) is 23.7 Å². The van der Waals surface area contributed by atoms with Crippen LogP contribution in [0.1, 0.15) is 58.8 Å². The molecule has 0 radical (unpaired) electrons. The van der Waals surface area contributed by atoms with Gasteiger partial charge in [0.1, 0.15) is 5.78 Å². The molecule has 0 aliphatic heterocycles. The molecule has 0 amide bonds. The van der Waals surface area contributed by atoms with Crippen LogP contribution in [-0.4, -0.2) is 5.78 Å². The first kappa shape index (κ1) is 12.9. The molecular formula is C16H26O. The molecule has 0 aromatic carbocycles. The first-order valence-corrected chi connectivity index (χ1v) is 7.39. The van der Waals surface area contributed by atoms with Crippen molar-refractivity contribution >= 4 is 5.78 Å². The van der Waals surface area contributed by atoms with E-state index in [1.54, 1.807) is 6.92 Å². The Labute approximate surface area is 106 Å². The Kier molecular flexibility index (Phi) is 4.42. The van der Waals surface area contributed by atoms with Gasteiger partial charge in [0.25, 0.3) is 0 Å². The van der Waals surface area contributed by atoms with E-state index in [-0.39, 0.29) is 0 Å². The molecule has 2 bridgehead atoms. The van der Waals surface area contributed by atoms with Crippen LogP contribution >= 0.6 is 0 Å². The zero-order chi connectivity index (χ0) is 12.3. The Morgan fingerprint density at radius 3 is 2.71 bits per heavy atom. The van der Waals surface area contributed by atoms with Crippen molar-refractivity contribution < 1.29 is 4.79 Å². The third-order valence-corrected chi connectivity index (χ3v) is 4.86. The van der Waals surface area contributed by atoms with Gasteiger partial charge in [0.2, 0.25) is 0 Å². The maximum atomic E-state index is 11.8.